The number of thioether (sulfide) groups is 1. The highest BCUT2D eigenvalue weighted by atomic mass is 32.2. The van der Waals surface area contributed by atoms with Crippen LogP contribution in [0.25, 0.3) is 10.2 Å². The number of benzene rings is 2. The van der Waals surface area contributed by atoms with Crippen LogP contribution in [0.5, 0.6) is 11.5 Å². The van der Waals surface area contributed by atoms with Gasteiger partial charge in [0.2, 0.25) is 0 Å². The summed E-state index contributed by atoms with van der Waals surface area (Å²) in [6.07, 6.45) is 0. The predicted molar refractivity (Wildman–Crippen MR) is 114 cm³/mol. The lowest BCUT2D eigenvalue weighted by Gasteiger charge is -2.12. The second-order valence-electron chi connectivity index (χ2n) is 6.43. The Labute approximate surface area is 178 Å². The number of carbonyl (C=O) groups excluding carboxylic acids is 1. The van der Waals surface area contributed by atoms with Gasteiger partial charge in [-0.1, -0.05) is 30.0 Å². The third kappa shape index (κ3) is 3.94. The number of Topliss-reactive ketones (excluding diaryl/α,β-unsaturated/α-hetero) is 1. The number of fused-ring (bicyclic) bond motifs is 1. The van der Waals surface area contributed by atoms with Gasteiger partial charge in [-0.05, 0) is 35.7 Å². The number of rotatable bonds is 6. The fourth-order valence-corrected chi connectivity index (χ4v) is 4.55. The fourth-order valence-electron chi connectivity index (χ4n) is 2.88. The summed E-state index contributed by atoms with van der Waals surface area (Å²) in [6, 6.07) is 11.7. The molecule has 0 saturated heterocycles. The van der Waals surface area contributed by atoms with Gasteiger partial charge in [0.05, 0.1) is 17.8 Å². The van der Waals surface area contributed by atoms with Crippen LogP contribution in [0.4, 0.5) is 4.39 Å². The van der Waals surface area contributed by atoms with Crippen molar-refractivity contribution in [3.63, 3.8) is 0 Å². The molecule has 0 saturated carbocycles. The first-order valence-corrected chi connectivity index (χ1v) is 10.7. The number of ketones is 1. The molecule has 0 aliphatic rings. The Hall–Kier alpha value is -3.17. The lowest BCUT2D eigenvalue weighted by Crippen LogP contribution is -2.24. The molecule has 4 rings (SSSR count). The maximum atomic E-state index is 14.2. The smallest absolute Gasteiger partial charge is 0.272 e. The molecular formula is C21H15FN2O4S2. The van der Waals surface area contributed by atoms with E-state index < -0.39 is 5.82 Å². The van der Waals surface area contributed by atoms with Crippen LogP contribution in [-0.2, 0) is 6.54 Å². The second-order valence-corrected chi connectivity index (χ2v) is 8.29. The third-order valence-corrected chi connectivity index (χ3v) is 6.31. The van der Waals surface area contributed by atoms with E-state index in [4.69, 9.17) is 0 Å². The predicted octanol–water partition coefficient (Wildman–Crippen LogP) is 4.03. The van der Waals surface area contributed by atoms with Crippen molar-refractivity contribution in [2.75, 3.05) is 5.75 Å². The molecule has 2 N–H and O–H groups in total. The van der Waals surface area contributed by atoms with E-state index in [-0.39, 0.29) is 40.7 Å². The number of hydrogen-bond acceptors (Lipinski definition) is 7. The average Bonchev–Trinajstić information content (AvgIpc) is 3.21. The molecule has 0 unspecified atom stereocenters. The van der Waals surface area contributed by atoms with Crippen LogP contribution in [-0.4, -0.2) is 31.3 Å². The van der Waals surface area contributed by atoms with Crippen LogP contribution in [0.1, 0.15) is 15.9 Å². The quantitative estimate of drug-likeness (QED) is 0.203. The van der Waals surface area contributed by atoms with Gasteiger partial charge in [0.25, 0.3) is 5.56 Å². The Morgan fingerprint density at radius 3 is 2.70 bits per heavy atom. The summed E-state index contributed by atoms with van der Waals surface area (Å²) in [5, 5.41) is 21.0. The molecule has 0 aliphatic heterocycles. The molecule has 0 amide bonds. The van der Waals surface area contributed by atoms with E-state index in [1.807, 2.05) is 0 Å². The number of phenolic OH excluding ortho intramolecular Hbond substituents is 2. The SMILES string of the molecule is O=C(CSc1nc2ccsc2c(=O)n1Cc1ccccc1F)c1ccc(O)c(O)c1. The molecule has 6 nitrogen and oxygen atoms in total. The number of hydrogen-bond donors (Lipinski definition) is 2. The van der Waals surface area contributed by atoms with E-state index in [1.54, 1.807) is 29.6 Å². The molecule has 2 heterocycles. The summed E-state index contributed by atoms with van der Waals surface area (Å²) < 4.78 is 16.0. The van der Waals surface area contributed by atoms with Gasteiger partial charge < -0.3 is 10.2 Å². The maximum absolute atomic E-state index is 14.2. The number of aromatic nitrogens is 2. The average molecular weight is 442 g/mol. The number of nitrogens with zero attached hydrogens (tertiary/aromatic N) is 2. The summed E-state index contributed by atoms with van der Waals surface area (Å²) in [7, 11) is 0. The Bertz CT molecular complexity index is 1320. The molecular weight excluding hydrogens is 427 g/mol. The van der Waals surface area contributed by atoms with Crippen molar-refractivity contribution in [2.24, 2.45) is 0 Å². The first-order valence-electron chi connectivity index (χ1n) is 8.83. The highest BCUT2D eigenvalue weighted by molar-refractivity contribution is 7.99. The zero-order valence-electron chi connectivity index (χ0n) is 15.4. The number of carbonyl (C=O) groups is 1. The molecule has 4 aromatic rings. The van der Waals surface area contributed by atoms with Crippen LogP contribution >= 0.6 is 23.1 Å². The highest BCUT2D eigenvalue weighted by Crippen LogP contribution is 2.27. The van der Waals surface area contributed by atoms with E-state index >= 15 is 0 Å². The van der Waals surface area contributed by atoms with Crippen LogP contribution in [0, 0.1) is 5.82 Å². The summed E-state index contributed by atoms with van der Waals surface area (Å²) in [5.41, 5.74) is 0.786. The van der Waals surface area contributed by atoms with Crippen molar-refractivity contribution in [3.8, 4) is 11.5 Å². The minimum Gasteiger partial charge on any atom is -0.504 e. The van der Waals surface area contributed by atoms with E-state index in [0.29, 0.717) is 20.9 Å². The Morgan fingerprint density at radius 2 is 1.93 bits per heavy atom. The van der Waals surface area contributed by atoms with Crippen LogP contribution < -0.4 is 5.56 Å². The van der Waals surface area contributed by atoms with Gasteiger partial charge in [0.15, 0.2) is 22.4 Å². The standard InChI is InChI=1S/C21H15FN2O4S2/c22-14-4-2-1-3-13(14)10-24-20(28)19-15(7-8-29-19)23-21(24)30-11-18(27)12-5-6-16(25)17(26)9-12/h1-9,25-26H,10-11H2. The summed E-state index contributed by atoms with van der Waals surface area (Å²) in [4.78, 5) is 30.0. The van der Waals surface area contributed by atoms with Crippen LogP contribution in [0.3, 0.4) is 0 Å². The van der Waals surface area contributed by atoms with Gasteiger partial charge in [0, 0.05) is 11.1 Å². The van der Waals surface area contributed by atoms with Crippen LogP contribution in [0.2, 0.25) is 0 Å². The van der Waals surface area contributed by atoms with Crippen molar-refractivity contribution < 1.29 is 19.4 Å². The lowest BCUT2D eigenvalue weighted by atomic mass is 10.1. The molecule has 9 heteroatoms. The van der Waals surface area contributed by atoms with Crippen molar-refractivity contribution in [1.82, 2.24) is 9.55 Å². The van der Waals surface area contributed by atoms with Crippen molar-refractivity contribution in [2.45, 2.75) is 11.7 Å². The normalized spacial score (nSPS) is 11.1. The molecule has 0 bridgehead atoms. The van der Waals surface area contributed by atoms with Crippen molar-refractivity contribution >= 4 is 39.1 Å². The van der Waals surface area contributed by atoms with Gasteiger partial charge in [-0.25, -0.2) is 9.37 Å². The molecule has 0 atom stereocenters. The second kappa shape index (κ2) is 8.29. The van der Waals surface area contributed by atoms with Crippen molar-refractivity contribution in [3.05, 3.63) is 81.2 Å². The van der Waals surface area contributed by atoms with Gasteiger partial charge in [0.1, 0.15) is 10.5 Å². The Balaban J connectivity index is 1.67. The number of phenols is 2. The zero-order valence-corrected chi connectivity index (χ0v) is 17.0. The summed E-state index contributed by atoms with van der Waals surface area (Å²) in [6.45, 7) is -0.0110. The molecule has 0 fully saturated rings. The first kappa shape index (κ1) is 20.1. The highest BCUT2D eigenvalue weighted by Gasteiger charge is 2.17. The number of halogens is 1. The number of aromatic hydroxyl groups is 2. The fraction of sp³-hybridized carbons (Fsp3) is 0.0952. The van der Waals surface area contributed by atoms with Gasteiger partial charge in [-0.3, -0.25) is 14.2 Å². The van der Waals surface area contributed by atoms with Crippen molar-refractivity contribution in [1.29, 1.82) is 0 Å². The van der Waals surface area contributed by atoms with Gasteiger partial charge in [-0.2, -0.15) is 0 Å². The minimum absolute atomic E-state index is 0.0110. The lowest BCUT2D eigenvalue weighted by molar-refractivity contribution is 0.102. The first-order chi connectivity index (χ1) is 14.4. The molecule has 2 aromatic heterocycles. The maximum Gasteiger partial charge on any atom is 0.272 e. The zero-order chi connectivity index (χ0) is 21.3. The Morgan fingerprint density at radius 1 is 1.13 bits per heavy atom. The number of thiophene rings is 1. The van der Waals surface area contributed by atoms with Gasteiger partial charge >= 0.3 is 0 Å². The molecule has 152 valence electrons. The van der Waals surface area contributed by atoms with E-state index in [2.05, 4.69) is 4.98 Å². The molecule has 0 radical (unpaired) electrons. The molecule has 0 aliphatic carbocycles. The largest absolute Gasteiger partial charge is 0.504 e. The van der Waals surface area contributed by atoms with E-state index in [9.17, 15) is 24.2 Å². The van der Waals surface area contributed by atoms with Gasteiger partial charge in [-0.15, -0.1) is 11.3 Å². The molecule has 30 heavy (non-hydrogen) atoms. The van der Waals surface area contributed by atoms with E-state index in [0.717, 1.165) is 11.8 Å². The molecule has 0 spiro atoms. The summed E-state index contributed by atoms with van der Waals surface area (Å²) in [5.74, 6) is -1.50. The van der Waals surface area contributed by atoms with Crippen LogP contribution in [0.15, 0.2) is 63.9 Å². The Kier molecular flexibility index (Phi) is 5.56. The van der Waals surface area contributed by atoms with E-state index in [1.165, 1.54) is 40.2 Å². The topological polar surface area (TPSA) is 92.4 Å². The third-order valence-electron chi connectivity index (χ3n) is 4.45. The monoisotopic (exact) mass is 442 g/mol. The minimum atomic E-state index is -0.428. The molecule has 2 aromatic carbocycles. The summed E-state index contributed by atoms with van der Waals surface area (Å²) >= 11 is 2.32.